The maximum atomic E-state index is 13.2. The van der Waals surface area contributed by atoms with Crippen molar-refractivity contribution < 1.29 is 14.3 Å². The van der Waals surface area contributed by atoms with Gasteiger partial charge in [0, 0.05) is 24.0 Å². The van der Waals surface area contributed by atoms with Crippen molar-refractivity contribution in [3.8, 4) is 5.75 Å². The van der Waals surface area contributed by atoms with Crippen molar-refractivity contribution in [2.75, 3.05) is 6.61 Å². The van der Waals surface area contributed by atoms with E-state index in [1.807, 2.05) is 64.1 Å². The Morgan fingerprint density at radius 2 is 1.69 bits per heavy atom. The van der Waals surface area contributed by atoms with E-state index in [-0.39, 0.29) is 17.9 Å². The number of carbonyl (C=O) groups excluding carboxylic acids is 2. The van der Waals surface area contributed by atoms with Crippen LogP contribution in [0.25, 0.3) is 0 Å². The molecule has 0 heterocycles. The van der Waals surface area contributed by atoms with Crippen LogP contribution in [0.2, 0.25) is 5.02 Å². The molecule has 32 heavy (non-hydrogen) atoms. The van der Waals surface area contributed by atoms with E-state index in [1.54, 1.807) is 17.0 Å². The summed E-state index contributed by atoms with van der Waals surface area (Å²) in [6.07, 6.45) is 2.27. The Hall–Kier alpha value is -2.53. The summed E-state index contributed by atoms with van der Waals surface area (Å²) in [4.78, 5) is 27.8. The largest absolute Gasteiger partial charge is 0.494 e. The number of nitrogens with one attached hydrogen (secondary N) is 1. The molecule has 0 spiro atoms. The van der Waals surface area contributed by atoms with E-state index in [0.717, 1.165) is 17.7 Å². The van der Waals surface area contributed by atoms with Crippen molar-refractivity contribution in [2.45, 2.75) is 72.0 Å². The normalized spacial score (nSPS) is 12.7. The summed E-state index contributed by atoms with van der Waals surface area (Å²) in [6, 6.07) is 14.8. The third-order valence-electron chi connectivity index (χ3n) is 5.48. The van der Waals surface area contributed by atoms with Gasteiger partial charge in [-0.3, -0.25) is 9.59 Å². The van der Waals surface area contributed by atoms with Gasteiger partial charge in [0.1, 0.15) is 11.8 Å². The molecule has 0 aromatic heterocycles. The summed E-state index contributed by atoms with van der Waals surface area (Å²) < 4.78 is 5.76. The number of amides is 2. The zero-order valence-corrected chi connectivity index (χ0v) is 20.3. The first kappa shape index (κ1) is 25.7. The van der Waals surface area contributed by atoms with Crippen LogP contribution in [0.3, 0.4) is 0 Å². The van der Waals surface area contributed by atoms with Gasteiger partial charge in [0.05, 0.1) is 6.61 Å². The molecule has 0 aliphatic carbocycles. The van der Waals surface area contributed by atoms with Crippen LogP contribution >= 0.6 is 11.6 Å². The third kappa shape index (κ3) is 8.19. The van der Waals surface area contributed by atoms with E-state index < -0.39 is 6.04 Å². The molecule has 2 aromatic carbocycles. The van der Waals surface area contributed by atoms with E-state index in [4.69, 9.17) is 16.3 Å². The van der Waals surface area contributed by atoms with Gasteiger partial charge in [0.25, 0.3) is 0 Å². The molecule has 0 radical (unpaired) electrons. The Morgan fingerprint density at radius 1 is 1.03 bits per heavy atom. The first-order chi connectivity index (χ1) is 15.3. The van der Waals surface area contributed by atoms with E-state index in [2.05, 4.69) is 5.32 Å². The van der Waals surface area contributed by atoms with E-state index in [0.29, 0.717) is 37.4 Å². The van der Waals surface area contributed by atoms with E-state index in [1.165, 1.54) is 5.56 Å². The van der Waals surface area contributed by atoms with Crippen molar-refractivity contribution in [3.05, 3.63) is 64.7 Å². The van der Waals surface area contributed by atoms with Crippen LogP contribution in [0.5, 0.6) is 5.75 Å². The number of hydrogen-bond acceptors (Lipinski definition) is 3. The molecule has 2 rings (SSSR count). The number of rotatable bonds is 12. The molecule has 174 valence electrons. The molecule has 2 amide bonds. The summed E-state index contributed by atoms with van der Waals surface area (Å²) >= 11 is 6.01. The van der Waals surface area contributed by atoms with Gasteiger partial charge >= 0.3 is 0 Å². The van der Waals surface area contributed by atoms with Gasteiger partial charge in [-0.05, 0) is 62.9 Å². The molecule has 2 atom stereocenters. The summed E-state index contributed by atoms with van der Waals surface area (Å²) in [5, 5.41) is 3.67. The highest BCUT2D eigenvalue weighted by molar-refractivity contribution is 6.30. The topological polar surface area (TPSA) is 58.6 Å². The maximum absolute atomic E-state index is 13.2. The number of benzene rings is 2. The fourth-order valence-corrected chi connectivity index (χ4v) is 3.46. The van der Waals surface area contributed by atoms with Crippen molar-refractivity contribution in [1.29, 1.82) is 0 Å². The van der Waals surface area contributed by atoms with Gasteiger partial charge in [0.15, 0.2) is 0 Å². The lowest BCUT2D eigenvalue weighted by molar-refractivity contribution is -0.141. The van der Waals surface area contributed by atoms with Crippen LogP contribution in [-0.2, 0) is 16.1 Å². The molecule has 0 aliphatic heterocycles. The van der Waals surface area contributed by atoms with Crippen molar-refractivity contribution in [3.63, 3.8) is 0 Å². The lowest BCUT2D eigenvalue weighted by Crippen LogP contribution is -2.50. The summed E-state index contributed by atoms with van der Waals surface area (Å²) in [6.45, 7) is 8.76. The second-order valence-electron chi connectivity index (χ2n) is 8.16. The predicted octanol–water partition coefficient (Wildman–Crippen LogP) is 5.53. The molecule has 0 fully saturated rings. The average Bonchev–Trinajstić information content (AvgIpc) is 2.78. The Kier molecular flexibility index (Phi) is 10.5. The van der Waals surface area contributed by atoms with Crippen LogP contribution in [0.15, 0.2) is 48.5 Å². The Bertz CT molecular complexity index is 852. The predicted molar refractivity (Wildman–Crippen MR) is 130 cm³/mol. The maximum Gasteiger partial charge on any atom is 0.243 e. The minimum Gasteiger partial charge on any atom is -0.494 e. The Balaban J connectivity index is 2.05. The molecule has 5 nitrogen and oxygen atoms in total. The van der Waals surface area contributed by atoms with Crippen LogP contribution < -0.4 is 10.1 Å². The zero-order chi connectivity index (χ0) is 23.5. The summed E-state index contributed by atoms with van der Waals surface area (Å²) in [5.41, 5.74) is 2.11. The number of aryl methyl sites for hydroxylation is 1. The molecule has 0 saturated heterocycles. The SMILES string of the molecule is CC[C@@H](C)NC(=O)[C@@H](CC)N(Cc1ccc(Cl)cc1)C(=O)CCCOc1ccc(C)cc1. The van der Waals surface area contributed by atoms with Crippen molar-refractivity contribution in [2.24, 2.45) is 0 Å². The number of hydrogen-bond donors (Lipinski definition) is 1. The fourth-order valence-electron chi connectivity index (χ4n) is 3.34. The first-order valence-corrected chi connectivity index (χ1v) is 11.8. The number of nitrogens with zero attached hydrogens (tertiary/aromatic N) is 1. The van der Waals surface area contributed by atoms with Crippen molar-refractivity contribution in [1.82, 2.24) is 10.2 Å². The molecule has 0 unspecified atom stereocenters. The molecule has 6 heteroatoms. The van der Waals surface area contributed by atoms with Crippen LogP contribution in [-0.4, -0.2) is 35.4 Å². The van der Waals surface area contributed by atoms with Gasteiger partial charge in [-0.1, -0.05) is 55.3 Å². The highest BCUT2D eigenvalue weighted by Gasteiger charge is 2.28. The highest BCUT2D eigenvalue weighted by Crippen LogP contribution is 2.17. The van der Waals surface area contributed by atoms with Gasteiger partial charge in [-0.15, -0.1) is 0 Å². The van der Waals surface area contributed by atoms with Crippen LogP contribution in [0, 0.1) is 6.92 Å². The van der Waals surface area contributed by atoms with Crippen LogP contribution in [0.4, 0.5) is 0 Å². The number of halogens is 1. The second-order valence-corrected chi connectivity index (χ2v) is 8.59. The van der Waals surface area contributed by atoms with Crippen LogP contribution in [0.1, 0.15) is 57.6 Å². The molecular weight excluding hydrogens is 424 g/mol. The Labute approximate surface area is 197 Å². The number of carbonyl (C=O) groups is 2. The standard InChI is InChI=1S/C26H35ClN2O3/c1-5-20(4)28-26(31)24(6-2)29(18-21-11-13-22(27)14-12-21)25(30)8-7-17-32-23-15-9-19(3)10-16-23/h9-16,20,24H,5-8,17-18H2,1-4H3,(H,28,31)/t20-,24-/m1/s1. The monoisotopic (exact) mass is 458 g/mol. The molecule has 0 bridgehead atoms. The lowest BCUT2D eigenvalue weighted by Gasteiger charge is -2.31. The Morgan fingerprint density at radius 3 is 2.28 bits per heavy atom. The van der Waals surface area contributed by atoms with E-state index >= 15 is 0 Å². The molecule has 1 N–H and O–H groups in total. The first-order valence-electron chi connectivity index (χ1n) is 11.4. The number of ether oxygens (including phenoxy) is 1. The average molecular weight is 459 g/mol. The minimum absolute atomic E-state index is 0.0568. The van der Waals surface area contributed by atoms with Gasteiger partial charge < -0.3 is 15.0 Å². The second kappa shape index (κ2) is 13.1. The molecule has 0 aliphatic rings. The smallest absolute Gasteiger partial charge is 0.243 e. The fraction of sp³-hybridized carbons (Fsp3) is 0.462. The molecule has 2 aromatic rings. The van der Waals surface area contributed by atoms with Gasteiger partial charge in [-0.25, -0.2) is 0 Å². The molecule has 0 saturated carbocycles. The van der Waals surface area contributed by atoms with Gasteiger partial charge in [-0.2, -0.15) is 0 Å². The quantitative estimate of drug-likeness (QED) is 0.425. The summed E-state index contributed by atoms with van der Waals surface area (Å²) in [7, 11) is 0. The lowest BCUT2D eigenvalue weighted by atomic mass is 10.1. The third-order valence-corrected chi connectivity index (χ3v) is 5.73. The summed E-state index contributed by atoms with van der Waals surface area (Å²) in [5.74, 6) is 0.624. The minimum atomic E-state index is -0.523. The van der Waals surface area contributed by atoms with Gasteiger partial charge in [0.2, 0.25) is 11.8 Å². The highest BCUT2D eigenvalue weighted by atomic mass is 35.5. The van der Waals surface area contributed by atoms with E-state index in [9.17, 15) is 9.59 Å². The van der Waals surface area contributed by atoms with Crippen molar-refractivity contribution >= 4 is 23.4 Å². The molecular formula is C26H35ClN2O3. The zero-order valence-electron chi connectivity index (χ0n) is 19.6.